The van der Waals surface area contributed by atoms with E-state index >= 15 is 0 Å². The van der Waals surface area contributed by atoms with Crippen molar-refractivity contribution in [3.63, 3.8) is 0 Å². The van der Waals surface area contributed by atoms with Crippen LogP contribution in [0.1, 0.15) is 12.5 Å². The molecule has 0 aliphatic heterocycles. The van der Waals surface area contributed by atoms with Crippen molar-refractivity contribution in [2.45, 2.75) is 6.92 Å². The van der Waals surface area contributed by atoms with Gasteiger partial charge in [0.2, 0.25) is 0 Å². The zero-order valence-electron chi connectivity index (χ0n) is 5.13. The first-order valence-electron chi connectivity index (χ1n) is 2.74. The van der Waals surface area contributed by atoms with Crippen LogP contribution in [0.3, 0.4) is 0 Å². The van der Waals surface area contributed by atoms with E-state index in [1.54, 1.807) is 6.20 Å². The molecular weight excluding hydrogens is 225 g/mol. The highest BCUT2D eigenvalue weighted by atomic mass is 127. The number of hydrogen-bond donors (Lipinski definition) is 0. The van der Waals surface area contributed by atoms with Crippen LogP contribution < -0.4 is 0 Å². The van der Waals surface area contributed by atoms with Gasteiger partial charge < -0.3 is 0 Å². The smallest absolute Gasteiger partial charge is 0.104 e. The van der Waals surface area contributed by atoms with E-state index in [9.17, 15) is 0 Å². The summed E-state index contributed by atoms with van der Waals surface area (Å²) in [6.45, 7) is 2.01. The molecule has 0 spiro atoms. The molecule has 0 bridgehead atoms. The Morgan fingerprint density at radius 1 is 1.67 bits per heavy atom. The molecule has 0 saturated carbocycles. The van der Waals surface area contributed by atoms with E-state index < -0.39 is 0 Å². The van der Waals surface area contributed by atoms with E-state index in [4.69, 9.17) is 0 Å². The second-order valence-electron chi connectivity index (χ2n) is 1.67. The highest BCUT2D eigenvalue weighted by molar-refractivity contribution is 14.1. The Morgan fingerprint density at radius 3 is 2.89 bits per heavy atom. The van der Waals surface area contributed by atoms with E-state index in [1.807, 2.05) is 13.0 Å². The van der Waals surface area contributed by atoms with Gasteiger partial charge in [0, 0.05) is 6.20 Å². The fourth-order valence-corrected chi connectivity index (χ4v) is 1.27. The molecule has 0 saturated heterocycles. The van der Waals surface area contributed by atoms with Crippen LogP contribution in [0.15, 0.2) is 18.3 Å². The Hall–Kier alpha value is -0.120. The third kappa shape index (κ3) is 1.64. The highest BCUT2D eigenvalue weighted by Gasteiger charge is 1.93. The van der Waals surface area contributed by atoms with Gasteiger partial charge in [-0.1, -0.05) is 13.0 Å². The lowest BCUT2D eigenvalue weighted by Gasteiger charge is -1.95. The summed E-state index contributed by atoms with van der Waals surface area (Å²) in [5.74, 6) is 0. The van der Waals surface area contributed by atoms with E-state index in [1.165, 1.54) is 5.56 Å². The topological polar surface area (TPSA) is 12.9 Å². The zero-order chi connectivity index (χ0) is 6.69. The molecule has 2 heteroatoms. The molecule has 0 aliphatic rings. The van der Waals surface area contributed by atoms with Crippen molar-refractivity contribution in [3.05, 3.63) is 34.0 Å². The molecule has 0 fully saturated rings. The van der Waals surface area contributed by atoms with Crippen LogP contribution in [0.25, 0.3) is 0 Å². The molecular formula is C7H7IN. The summed E-state index contributed by atoms with van der Waals surface area (Å²) in [6, 6.07) is 3.99. The van der Waals surface area contributed by atoms with Crippen molar-refractivity contribution in [1.29, 1.82) is 0 Å². The standard InChI is InChI=1S/C7H7IN/c1-2-6-4-3-5-9-7(6)8/h2-5H,1H3. The molecule has 0 aliphatic carbocycles. The molecule has 47 valence electrons. The largest absolute Gasteiger partial charge is 0.250 e. The number of aromatic nitrogens is 1. The van der Waals surface area contributed by atoms with Crippen molar-refractivity contribution < 1.29 is 0 Å². The molecule has 0 amide bonds. The maximum Gasteiger partial charge on any atom is 0.104 e. The van der Waals surface area contributed by atoms with Crippen LogP contribution in [-0.4, -0.2) is 4.98 Å². The predicted octanol–water partition coefficient (Wildman–Crippen LogP) is 2.26. The van der Waals surface area contributed by atoms with Crippen molar-refractivity contribution in [3.8, 4) is 0 Å². The third-order valence-corrected chi connectivity index (χ3v) is 2.00. The molecule has 0 unspecified atom stereocenters. The monoisotopic (exact) mass is 232 g/mol. The van der Waals surface area contributed by atoms with Crippen LogP contribution >= 0.6 is 22.6 Å². The lowest BCUT2D eigenvalue weighted by atomic mass is 10.2. The SMILES string of the molecule is C[CH]c1cccnc1I. The first-order chi connectivity index (χ1) is 4.34. The number of hydrogen-bond acceptors (Lipinski definition) is 1. The summed E-state index contributed by atoms with van der Waals surface area (Å²) in [7, 11) is 0. The quantitative estimate of drug-likeness (QED) is 0.534. The van der Waals surface area contributed by atoms with Gasteiger partial charge in [-0.25, -0.2) is 0 Å². The average molecular weight is 232 g/mol. The van der Waals surface area contributed by atoms with Gasteiger partial charge in [0.15, 0.2) is 0 Å². The minimum atomic E-state index is 1.07. The van der Waals surface area contributed by atoms with E-state index in [0.29, 0.717) is 0 Å². The first-order valence-corrected chi connectivity index (χ1v) is 3.82. The maximum atomic E-state index is 4.11. The summed E-state index contributed by atoms with van der Waals surface area (Å²) < 4.78 is 1.07. The fraction of sp³-hybridized carbons (Fsp3) is 0.143. The molecule has 0 aromatic carbocycles. The lowest BCUT2D eigenvalue weighted by molar-refractivity contribution is 1.21. The summed E-state index contributed by atoms with van der Waals surface area (Å²) in [4.78, 5) is 4.11. The zero-order valence-corrected chi connectivity index (χ0v) is 7.29. The minimum absolute atomic E-state index is 1.07. The number of rotatable bonds is 1. The predicted molar refractivity (Wildman–Crippen MR) is 46.0 cm³/mol. The van der Waals surface area contributed by atoms with Gasteiger partial charge >= 0.3 is 0 Å². The highest BCUT2D eigenvalue weighted by Crippen LogP contribution is 2.08. The van der Waals surface area contributed by atoms with Gasteiger partial charge in [-0.15, -0.1) is 0 Å². The fourth-order valence-electron chi connectivity index (χ4n) is 0.614. The van der Waals surface area contributed by atoms with Gasteiger partial charge in [-0.2, -0.15) is 0 Å². The van der Waals surface area contributed by atoms with Crippen molar-refractivity contribution in [1.82, 2.24) is 4.98 Å². The molecule has 1 rings (SSSR count). The van der Waals surface area contributed by atoms with Crippen molar-refractivity contribution in [2.24, 2.45) is 0 Å². The Labute approximate surface area is 68.6 Å². The number of halogens is 1. The van der Waals surface area contributed by atoms with Crippen LogP contribution in [0, 0.1) is 10.1 Å². The molecule has 1 nitrogen and oxygen atoms in total. The van der Waals surface area contributed by atoms with Crippen molar-refractivity contribution >= 4 is 22.6 Å². The Kier molecular flexibility index (Phi) is 2.45. The van der Waals surface area contributed by atoms with E-state index in [-0.39, 0.29) is 0 Å². The van der Waals surface area contributed by atoms with E-state index in [0.717, 1.165) is 3.70 Å². The summed E-state index contributed by atoms with van der Waals surface area (Å²) in [5.41, 5.74) is 1.21. The molecule has 1 heterocycles. The number of nitrogens with zero attached hydrogens (tertiary/aromatic N) is 1. The Balaban J connectivity index is 3.01. The van der Waals surface area contributed by atoms with Gasteiger partial charge in [0.25, 0.3) is 0 Å². The van der Waals surface area contributed by atoms with Gasteiger partial charge in [-0.05, 0) is 40.6 Å². The van der Waals surface area contributed by atoms with Gasteiger partial charge in [0.1, 0.15) is 3.70 Å². The minimum Gasteiger partial charge on any atom is -0.250 e. The maximum absolute atomic E-state index is 4.11. The van der Waals surface area contributed by atoms with Gasteiger partial charge in [-0.3, -0.25) is 4.98 Å². The second-order valence-corrected chi connectivity index (χ2v) is 2.69. The summed E-state index contributed by atoms with van der Waals surface area (Å²) in [5, 5.41) is 0. The third-order valence-electron chi connectivity index (χ3n) is 1.10. The Bertz CT molecular complexity index is 198. The summed E-state index contributed by atoms with van der Waals surface area (Å²) in [6.07, 6.45) is 3.85. The molecule has 9 heavy (non-hydrogen) atoms. The summed E-state index contributed by atoms with van der Waals surface area (Å²) >= 11 is 2.22. The van der Waals surface area contributed by atoms with Crippen LogP contribution in [0.5, 0.6) is 0 Å². The molecule has 1 radical (unpaired) electrons. The average Bonchev–Trinajstić information content (AvgIpc) is 1.89. The van der Waals surface area contributed by atoms with Crippen molar-refractivity contribution in [2.75, 3.05) is 0 Å². The number of pyridine rings is 1. The van der Waals surface area contributed by atoms with Crippen LogP contribution in [-0.2, 0) is 0 Å². The molecule has 1 aromatic rings. The molecule has 0 atom stereocenters. The normalized spacial score (nSPS) is 9.56. The molecule has 0 N–H and O–H groups in total. The van der Waals surface area contributed by atoms with Crippen LogP contribution in [0.2, 0.25) is 0 Å². The Morgan fingerprint density at radius 2 is 2.44 bits per heavy atom. The second kappa shape index (κ2) is 3.15. The molecule has 1 aromatic heterocycles. The van der Waals surface area contributed by atoms with Crippen LogP contribution in [0.4, 0.5) is 0 Å². The lowest BCUT2D eigenvalue weighted by Crippen LogP contribution is -1.85. The first kappa shape index (κ1) is 6.99. The van der Waals surface area contributed by atoms with E-state index in [2.05, 4.69) is 40.1 Å². The van der Waals surface area contributed by atoms with Gasteiger partial charge in [0.05, 0.1) is 0 Å².